The van der Waals surface area contributed by atoms with E-state index in [9.17, 15) is 4.39 Å². The van der Waals surface area contributed by atoms with Crippen molar-refractivity contribution in [2.75, 3.05) is 5.32 Å². The summed E-state index contributed by atoms with van der Waals surface area (Å²) in [5, 5.41) is 3.29. The van der Waals surface area contributed by atoms with E-state index in [2.05, 4.69) is 10.3 Å². The van der Waals surface area contributed by atoms with Gasteiger partial charge in [-0.15, -0.1) is 0 Å². The van der Waals surface area contributed by atoms with Crippen molar-refractivity contribution >= 4 is 17.2 Å². The highest BCUT2D eigenvalue weighted by Crippen LogP contribution is 2.24. The van der Waals surface area contributed by atoms with Crippen molar-refractivity contribution < 1.29 is 4.39 Å². The number of aromatic nitrogens is 2. The standard InChI is InChI=1S/C15H14FN3/c1-10-4-3-5-11(2)15(10)18-13-9-19-8-12(16)6-7-14(19)17-13/h3-9,18H,1-2H3. The Hall–Kier alpha value is -2.36. The third kappa shape index (κ3) is 2.17. The molecule has 0 fully saturated rings. The molecule has 0 spiro atoms. The van der Waals surface area contributed by atoms with Gasteiger partial charge in [0.2, 0.25) is 0 Å². The van der Waals surface area contributed by atoms with E-state index < -0.39 is 0 Å². The monoisotopic (exact) mass is 255 g/mol. The van der Waals surface area contributed by atoms with Gasteiger partial charge in [-0.2, -0.15) is 0 Å². The molecule has 2 aromatic heterocycles. The summed E-state index contributed by atoms with van der Waals surface area (Å²) in [5.74, 6) is 0.437. The zero-order chi connectivity index (χ0) is 13.4. The molecule has 0 aliphatic rings. The summed E-state index contributed by atoms with van der Waals surface area (Å²) in [6.45, 7) is 4.09. The molecule has 1 aromatic carbocycles. The molecule has 0 atom stereocenters. The van der Waals surface area contributed by atoms with Gasteiger partial charge in [-0.1, -0.05) is 18.2 Å². The number of pyridine rings is 1. The average molecular weight is 255 g/mol. The molecular formula is C15H14FN3. The molecule has 1 N–H and O–H groups in total. The van der Waals surface area contributed by atoms with Gasteiger partial charge in [0.15, 0.2) is 0 Å². The second-order valence-electron chi connectivity index (χ2n) is 4.63. The second-order valence-corrected chi connectivity index (χ2v) is 4.63. The van der Waals surface area contributed by atoms with E-state index >= 15 is 0 Å². The third-order valence-electron chi connectivity index (χ3n) is 3.15. The summed E-state index contributed by atoms with van der Waals surface area (Å²) < 4.78 is 14.8. The molecule has 0 saturated heterocycles. The summed E-state index contributed by atoms with van der Waals surface area (Å²) in [6.07, 6.45) is 3.20. The van der Waals surface area contributed by atoms with Crippen molar-refractivity contribution in [3.8, 4) is 0 Å². The average Bonchev–Trinajstić information content (AvgIpc) is 2.75. The number of hydrogen-bond acceptors (Lipinski definition) is 2. The molecule has 96 valence electrons. The molecule has 0 aliphatic heterocycles. The quantitative estimate of drug-likeness (QED) is 0.754. The van der Waals surface area contributed by atoms with Gasteiger partial charge in [0.25, 0.3) is 0 Å². The first-order valence-corrected chi connectivity index (χ1v) is 6.11. The molecule has 0 aliphatic carbocycles. The van der Waals surface area contributed by atoms with Gasteiger partial charge in [0.1, 0.15) is 17.3 Å². The minimum Gasteiger partial charge on any atom is -0.338 e. The normalized spacial score (nSPS) is 10.9. The Morgan fingerprint density at radius 1 is 1.05 bits per heavy atom. The van der Waals surface area contributed by atoms with Gasteiger partial charge in [-0.3, -0.25) is 0 Å². The highest BCUT2D eigenvalue weighted by atomic mass is 19.1. The Labute approximate surface area is 110 Å². The third-order valence-corrected chi connectivity index (χ3v) is 3.15. The van der Waals surface area contributed by atoms with E-state index in [0.717, 1.165) is 22.5 Å². The van der Waals surface area contributed by atoms with Crippen LogP contribution in [0.1, 0.15) is 11.1 Å². The molecule has 2 heterocycles. The first kappa shape index (κ1) is 11.7. The number of hydrogen-bond donors (Lipinski definition) is 1. The van der Waals surface area contributed by atoms with Crippen LogP contribution in [-0.2, 0) is 0 Å². The van der Waals surface area contributed by atoms with Crippen LogP contribution in [0.25, 0.3) is 5.65 Å². The molecule has 3 rings (SSSR count). The highest BCUT2D eigenvalue weighted by molar-refractivity contribution is 5.65. The Morgan fingerprint density at radius 3 is 2.53 bits per heavy atom. The van der Waals surface area contributed by atoms with Gasteiger partial charge in [0, 0.05) is 11.9 Å². The highest BCUT2D eigenvalue weighted by Gasteiger charge is 2.06. The number of imidazole rings is 1. The first-order valence-electron chi connectivity index (χ1n) is 6.11. The van der Waals surface area contributed by atoms with Gasteiger partial charge >= 0.3 is 0 Å². The number of halogens is 1. The smallest absolute Gasteiger partial charge is 0.149 e. The minimum absolute atomic E-state index is 0.275. The van der Waals surface area contributed by atoms with E-state index in [0.29, 0.717) is 5.82 Å². The van der Waals surface area contributed by atoms with E-state index in [1.165, 1.54) is 12.3 Å². The molecule has 0 saturated carbocycles. The summed E-state index contributed by atoms with van der Waals surface area (Å²) in [5.41, 5.74) is 4.08. The Morgan fingerprint density at radius 2 is 1.79 bits per heavy atom. The number of rotatable bonds is 2. The number of aryl methyl sites for hydroxylation is 2. The molecule has 0 radical (unpaired) electrons. The fourth-order valence-corrected chi connectivity index (χ4v) is 2.16. The van der Waals surface area contributed by atoms with Gasteiger partial charge < -0.3 is 9.72 Å². The predicted molar refractivity (Wildman–Crippen MR) is 74.3 cm³/mol. The molecule has 4 heteroatoms. The number of nitrogens with zero attached hydrogens (tertiary/aromatic N) is 2. The van der Waals surface area contributed by atoms with Crippen LogP contribution >= 0.6 is 0 Å². The SMILES string of the molecule is Cc1cccc(C)c1Nc1cn2cc(F)ccc2n1. The topological polar surface area (TPSA) is 29.3 Å². The first-order chi connectivity index (χ1) is 9.13. The van der Waals surface area contributed by atoms with Crippen molar-refractivity contribution in [2.24, 2.45) is 0 Å². The summed E-state index contributed by atoms with van der Waals surface area (Å²) >= 11 is 0. The maximum Gasteiger partial charge on any atom is 0.149 e. The molecule has 0 unspecified atom stereocenters. The fourth-order valence-electron chi connectivity index (χ4n) is 2.16. The van der Waals surface area contributed by atoms with Crippen LogP contribution in [0.15, 0.2) is 42.7 Å². The molecule has 0 bridgehead atoms. The molecule has 3 nitrogen and oxygen atoms in total. The fraction of sp³-hybridized carbons (Fsp3) is 0.133. The number of para-hydroxylation sites is 1. The van der Waals surface area contributed by atoms with Crippen LogP contribution in [-0.4, -0.2) is 9.38 Å². The molecule has 3 aromatic rings. The summed E-state index contributed by atoms with van der Waals surface area (Å²) in [7, 11) is 0. The summed E-state index contributed by atoms with van der Waals surface area (Å²) in [4.78, 5) is 4.42. The van der Waals surface area contributed by atoms with Crippen molar-refractivity contribution in [3.05, 3.63) is 59.7 Å². The lowest BCUT2D eigenvalue weighted by Crippen LogP contribution is -1.95. The largest absolute Gasteiger partial charge is 0.338 e. The van der Waals surface area contributed by atoms with Crippen LogP contribution < -0.4 is 5.32 Å². The second kappa shape index (κ2) is 4.39. The number of nitrogens with one attached hydrogen (secondary N) is 1. The van der Waals surface area contributed by atoms with E-state index in [1.54, 1.807) is 16.7 Å². The van der Waals surface area contributed by atoms with E-state index in [1.807, 2.05) is 32.0 Å². The van der Waals surface area contributed by atoms with Crippen molar-refractivity contribution in [2.45, 2.75) is 13.8 Å². The maximum absolute atomic E-state index is 13.1. The maximum atomic E-state index is 13.1. The molecule has 0 amide bonds. The van der Waals surface area contributed by atoms with Gasteiger partial charge in [-0.25, -0.2) is 9.37 Å². The lowest BCUT2D eigenvalue weighted by Gasteiger charge is -2.09. The van der Waals surface area contributed by atoms with Crippen molar-refractivity contribution in [1.82, 2.24) is 9.38 Å². The lowest BCUT2D eigenvalue weighted by molar-refractivity contribution is 0.619. The Bertz CT molecular complexity index is 726. The molecule has 19 heavy (non-hydrogen) atoms. The number of anilines is 2. The lowest BCUT2D eigenvalue weighted by atomic mass is 10.1. The van der Waals surface area contributed by atoms with Gasteiger partial charge in [0.05, 0.1) is 6.20 Å². The zero-order valence-corrected chi connectivity index (χ0v) is 10.8. The minimum atomic E-state index is -0.275. The summed E-state index contributed by atoms with van der Waals surface area (Å²) in [6, 6.07) is 9.18. The van der Waals surface area contributed by atoms with Crippen LogP contribution in [0.2, 0.25) is 0 Å². The van der Waals surface area contributed by atoms with Crippen molar-refractivity contribution in [1.29, 1.82) is 0 Å². The van der Waals surface area contributed by atoms with Crippen molar-refractivity contribution in [3.63, 3.8) is 0 Å². The predicted octanol–water partition coefficient (Wildman–Crippen LogP) is 3.83. The molecular weight excluding hydrogens is 241 g/mol. The number of fused-ring (bicyclic) bond motifs is 1. The Kier molecular flexibility index (Phi) is 2.71. The van der Waals surface area contributed by atoms with Crippen LogP contribution in [0.5, 0.6) is 0 Å². The van der Waals surface area contributed by atoms with Crippen LogP contribution in [0.4, 0.5) is 15.9 Å². The van der Waals surface area contributed by atoms with Crippen LogP contribution in [0.3, 0.4) is 0 Å². The van der Waals surface area contributed by atoms with Gasteiger partial charge in [-0.05, 0) is 37.1 Å². The van der Waals surface area contributed by atoms with E-state index in [-0.39, 0.29) is 5.82 Å². The van der Waals surface area contributed by atoms with Crippen LogP contribution in [0, 0.1) is 19.7 Å². The number of benzene rings is 1. The zero-order valence-electron chi connectivity index (χ0n) is 10.8. The van der Waals surface area contributed by atoms with E-state index in [4.69, 9.17) is 0 Å². The Balaban J connectivity index is 2.01.